The van der Waals surface area contributed by atoms with Gasteiger partial charge in [-0.2, -0.15) is 0 Å². The maximum absolute atomic E-state index is 12.1. The van der Waals surface area contributed by atoms with E-state index in [4.69, 9.17) is 16.0 Å². The van der Waals surface area contributed by atoms with Crippen LogP contribution in [-0.4, -0.2) is 16.5 Å². The Morgan fingerprint density at radius 2 is 2.14 bits per heavy atom. The van der Waals surface area contributed by atoms with Crippen LogP contribution in [-0.2, 0) is 0 Å². The molecule has 21 heavy (non-hydrogen) atoms. The molecule has 0 aliphatic rings. The number of Topliss-reactive ketones (excluding diaryl/α,β-unsaturated/α-hetero) is 1. The number of hydrogen-bond donors (Lipinski definition) is 0. The van der Waals surface area contributed by atoms with E-state index in [1.807, 2.05) is 12.1 Å². The number of carbonyl (C=O) groups is 1. The second-order valence-electron chi connectivity index (χ2n) is 4.31. The predicted molar refractivity (Wildman–Crippen MR) is 88.2 cm³/mol. The lowest BCUT2D eigenvalue weighted by molar-refractivity contribution is 0.102. The molecule has 0 bridgehead atoms. The van der Waals surface area contributed by atoms with E-state index in [9.17, 15) is 4.79 Å². The highest BCUT2D eigenvalue weighted by Crippen LogP contribution is 2.26. The number of halogens is 2. The summed E-state index contributed by atoms with van der Waals surface area (Å²) in [5.41, 5.74) is 2.02. The van der Waals surface area contributed by atoms with E-state index >= 15 is 0 Å². The monoisotopic (exact) mass is 381 g/mol. The molecule has 0 saturated carbocycles. The van der Waals surface area contributed by atoms with Crippen molar-refractivity contribution in [1.82, 2.24) is 4.98 Å². The number of fused-ring (bicyclic) bond motifs is 1. The lowest BCUT2D eigenvalue weighted by Gasteiger charge is -1.99. The van der Waals surface area contributed by atoms with Crippen molar-refractivity contribution in [3.63, 3.8) is 0 Å². The number of thioether (sulfide) groups is 1. The minimum atomic E-state index is 0.0292. The first-order valence-corrected chi connectivity index (χ1v) is 8.25. The smallest absolute Gasteiger partial charge is 0.257 e. The van der Waals surface area contributed by atoms with Crippen LogP contribution in [0, 0.1) is 0 Å². The lowest BCUT2D eigenvalue weighted by atomic mass is 10.2. The van der Waals surface area contributed by atoms with Crippen LogP contribution in [0.15, 0.2) is 56.6 Å². The summed E-state index contributed by atoms with van der Waals surface area (Å²) in [4.78, 5) is 16.4. The Hall–Kier alpha value is -1.30. The normalized spacial score (nSPS) is 11.0. The molecule has 0 amide bonds. The van der Waals surface area contributed by atoms with Gasteiger partial charge in [-0.3, -0.25) is 4.79 Å². The molecule has 0 N–H and O–H groups in total. The number of aromatic nitrogens is 1. The van der Waals surface area contributed by atoms with Gasteiger partial charge in [0.1, 0.15) is 5.52 Å². The first-order valence-electron chi connectivity index (χ1n) is 6.09. The third-order valence-electron chi connectivity index (χ3n) is 2.80. The summed E-state index contributed by atoms with van der Waals surface area (Å²) in [6.07, 6.45) is 0. The molecular formula is C15H9BrClNO2S. The van der Waals surface area contributed by atoms with E-state index < -0.39 is 0 Å². The summed E-state index contributed by atoms with van der Waals surface area (Å²) < 4.78 is 6.45. The molecule has 1 heterocycles. The van der Waals surface area contributed by atoms with Crippen LogP contribution in [0.3, 0.4) is 0 Å². The number of ketones is 1. The zero-order chi connectivity index (χ0) is 14.8. The Bertz CT molecular complexity index is 818. The van der Waals surface area contributed by atoms with Gasteiger partial charge in [0, 0.05) is 15.1 Å². The number of benzene rings is 2. The highest BCUT2D eigenvalue weighted by Gasteiger charge is 2.11. The molecule has 0 radical (unpaired) electrons. The van der Waals surface area contributed by atoms with Crippen LogP contribution in [0.5, 0.6) is 0 Å². The standard InChI is InChI=1S/C15H9BrClNO2S/c16-10-3-1-2-9(6-10)13(19)8-21-15-18-12-7-11(17)4-5-14(12)20-15/h1-7H,8H2. The zero-order valence-corrected chi connectivity index (χ0v) is 13.8. The second-order valence-corrected chi connectivity index (χ2v) is 6.59. The molecule has 106 valence electrons. The fourth-order valence-electron chi connectivity index (χ4n) is 1.81. The summed E-state index contributed by atoms with van der Waals surface area (Å²) in [6, 6.07) is 12.6. The summed E-state index contributed by atoms with van der Waals surface area (Å²) in [6.45, 7) is 0. The van der Waals surface area contributed by atoms with Gasteiger partial charge < -0.3 is 4.42 Å². The molecule has 6 heteroatoms. The maximum atomic E-state index is 12.1. The Morgan fingerprint density at radius 1 is 1.29 bits per heavy atom. The molecular weight excluding hydrogens is 374 g/mol. The molecule has 3 rings (SSSR count). The molecule has 0 aliphatic heterocycles. The van der Waals surface area contributed by atoms with Crippen molar-refractivity contribution >= 4 is 56.2 Å². The van der Waals surface area contributed by atoms with Crippen molar-refractivity contribution in [2.24, 2.45) is 0 Å². The topological polar surface area (TPSA) is 43.1 Å². The quantitative estimate of drug-likeness (QED) is 0.458. The van der Waals surface area contributed by atoms with Gasteiger partial charge in [-0.05, 0) is 30.3 Å². The van der Waals surface area contributed by atoms with Crippen molar-refractivity contribution in [1.29, 1.82) is 0 Å². The van der Waals surface area contributed by atoms with E-state index in [-0.39, 0.29) is 11.5 Å². The lowest BCUT2D eigenvalue weighted by Crippen LogP contribution is -2.01. The molecule has 0 spiro atoms. The molecule has 0 aliphatic carbocycles. The number of hydrogen-bond acceptors (Lipinski definition) is 4. The number of rotatable bonds is 4. The largest absolute Gasteiger partial charge is 0.431 e. The van der Waals surface area contributed by atoms with Crippen molar-refractivity contribution in [2.75, 3.05) is 5.75 Å². The van der Waals surface area contributed by atoms with Gasteiger partial charge >= 0.3 is 0 Å². The molecule has 0 fully saturated rings. The van der Waals surface area contributed by atoms with Crippen molar-refractivity contribution in [3.05, 3.63) is 57.5 Å². The van der Waals surface area contributed by atoms with E-state index in [1.165, 1.54) is 11.8 Å². The van der Waals surface area contributed by atoms with Gasteiger partial charge in [0.15, 0.2) is 11.4 Å². The summed E-state index contributed by atoms with van der Waals surface area (Å²) >= 11 is 10.5. The molecule has 3 aromatic rings. The minimum Gasteiger partial charge on any atom is -0.431 e. The number of oxazole rings is 1. The van der Waals surface area contributed by atoms with E-state index in [1.54, 1.807) is 30.3 Å². The zero-order valence-electron chi connectivity index (χ0n) is 10.7. The van der Waals surface area contributed by atoms with Crippen LogP contribution in [0.2, 0.25) is 5.02 Å². The highest BCUT2D eigenvalue weighted by molar-refractivity contribution is 9.10. The minimum absolute atomic E-state index is 0.0292. The Morgan fingerprint density at radius 3 is 2.95 bits per heavy atom. The average Bonchev–Trinajstić information content (AvgIpc) is 2.86. The average molecular weight is 383 g/mol. The molecule has 1 aromatic heterocycles. The van der Waals surface area contributed by atoms with Crippen molar-refractivity contribution < 1.29 is 9.21 Å². The second kappa shape index (κ2) is 6.22. The SMILES string of the molecule is O=C(CSc1nc2cc(Cl)ccc2o1)c1cccc(Br)c1. The Labute approximate surface area is 138 Å². The van der Waals surface area contributed by atoms with Crippen LogP contribution in [0.4, 0.5) is 0 Å². The van der Waals surface area contributed by atoms with Crippen molar-refractivity contribution in [2.45, 2.75) is 5.22 Å². The first kappa shape index (κ1) is 14.6. The summed E-state index contributed by atoms with van der Waals surface area (Å²) in [5.74, 6) is 0.304. The van der Waals surface area contributed by atoms with E-state index in [0.717, 1.165) is 4.47 Å². The van der Waals surface area contributed by atoms with Gasteiger partial charge in [0.25, 0.3) is 5.22 Å². The van der Waals surface area contributed by atoms with Crippen LogP contribution >= 0.6 is 39.3 Å². The van der Waals surface area contributed by atoms with Gasteiger partial charge in [-0.1, -0.05) is 51.4 Å². The van der Waals surface area contributed by atoms with Crippen molar-refractivity contribution in [3.8, 4) is 0 Å². The summed E-state index contributed by atoms with van der Waals surface area (Å²) in [7, 11) is 0. The fraction of sp³-hybridized carbons (Fsp3) is 0.0667. The van der Waals surface area contributed by atoms with Crippen LogP contribution in [0.1, 0.15) is 10.4 Å². The van der Waals surface area contributed by atoms with Crippen LogP contribution < -0.4 is 0 Å². The summed E-state index contributed by atoms with van der Waals surface area (Å²) in [5, 5.41) is 1.08. The predicted octanol–water partition coefficient (Wildman–Crippen LogP) is 5.22. The Balaban J connectivity index is 1.72. The fourth-order valence-corrected chi connectivity index (χ4v) is 3.11. The van der Waals surface area contributed by atoms with E-state index in [2.05, 4.69) is 20.9 Å². The van der Waals surface area contributed by atoms with Gasteiger partial charge in [-0.25, -0.2) is 4.98 Å². The third kappa shape index (κ3) is 3.48. The molecule has 0 unspecified atom stereocenters. The highest BCUT2D eigenvalue weighted by atomic mass is 79.9. The first-order chi connectivity index (χ1) is 10.1. The Kier molecular flexibility index (Phi) is 4.33. The van der Waals surface area contributed by atoms with Gasteiger partial charge in [-0.15, -0.1) is 0 Å². The molecule has 3 nitrogen and oxygen atoms in total. The van der Waals surface area contributed by atoms with E-state index in [0.29, 0.717) is 26.9 Å². The van der Waals surface area contributed by atoms with Gasteiger partial charge in [0.2, 0.25) is 0 Å². The molecule has 2 aromatic carbocycles. The van der Waals surface area contributed by atoms with Gasteiger partial charge in [0.05, 0.1) is 5.75 Å². The van der Waals surface area contributed by atoms with Crippen LogP contribution in [0.25, 0.3) is 11.1 Å². The number of nitrogens with zero attached hydrogens (tertiary/aromatic N) is 1. The maximum Gasteiger partial charge on any atom is 0.257 e. The molecule has 0 saturated heterocycles. The number of carbonyl (C=O) groups excluding carboxylic acids is 1. The molecule has 0 atom stereocenters. The third-order valence-corrected chi connectivity index (χ3v) is 4.36.